The van der Waals surface area contributed by atoms with E-state index in [9.17, 15) is 19.5 Å². The maximum atomic E-state index is 12.8. The predicted molar refractivity (Wildman–Crippen MR) is 156 cm³/mol. The van der Waals surface area contributed by atoms with Crippen molar-refractivity contribution in [3.05, 3.63) is 108 Å². The van der Waals surface area contributed by atoms with Gasteiger partial charge in [-0.05, 0) is 36.0 Å². The fraction of sp³-hybridized carbons (Fsp3) is 0.344. The fourth-order valence-corrected chi connectivity index (χ4v) is 4.69. The van der Waals surface area contributed by atoms with E-state index in [2.05, 4.69) is 0 Å². The van der Waals surface area contributed by atoms with E-state index in [1.807, 2.05) is 66.7 Å². The Hall–Kier alpha value is -4.05. The zero-order valence-corrected chi connectivity index (χ0v) is 23.3. The third-order valence-corrected chi connectivity index (χ3v) is 6.86. The molecule has 7 N–H and O–H groups in total. The molecule has 0 aromatic heterocycles. The molecule has 0 amide bonds. The van der Waals surface area contributed by atoms with Gasteiger partial charge in [0.25, 0.3) is 0 Å². The van der Waals surface area contributed by atoms with E-state index < -0.39 is 40.9 Å². The molecule has 0 aliphatic carbocycles. The number of esters is 2. The highest BCUT2D eigenvalue weighted by Crippen LogP contribution is 2.31. The molecule has 0 fully saturated rings. The van der Waals surface area contributed by atoms with Crippen LogP contribution in [0.5, 0.6) is 0 Å². The molecule has 9 heteroatoms. The van der Waals surface area contributed by atoms with E-state index >= 15 is 0 Å². The second-order valence-electron chi connectivity index (χ2n) is 10.9. The monoisotopic (exact) mass is 561 g/mol. The van der Waals surface area contributed by atoms with Gasteiger partial charge in [0.05, 0.1) is 0 Å². The molecule has 3 aromatic rings. The number of benzene rings is 3. The van der Waals surface area contributed by atoms with Gasteiger partial charge in [-0.1, -0.05) is 97.9 Å². The lowest BCUT2D eigenvalue weighted by Crippen LogP contribution is -2.55. The quantitative estimate of drug-likeness (QED) is 0.204. The summed E-state index contributed by atoms with van der Waals surface area (Å²) in [6.45, 7) is 1.13. The van der Waals surface area contributed by atoms with Crippen molar-refractivity contribution in [2.45, 2.75) is 50.2 Å². The standard InChI is InChI=1S/C32H39N3O6/c1-31(20-32(35,30(38)39)19-25-15-9-4-10-16-25,21-40-28(36)26(33)17-23-11-5-2-6-12-23)22-41-29(37)27(34)18-24-13-7-3-8-14-24/h2-16,26-27H,17-22,33-35H2,1H3,(H,38,39). The summed E-state index contributed by atoms with van der Waals surface area (Å²) >= 11 is 0. The van der Waals surface area contributed by atoms with Crippen LogP contribution in [-0.4, -0.2) is 53.9 Å². The highest BCUT2D eigenvalue weighted by molar-refractivity contribution is 5.79. The molecule has 3 rings (SSSR count). The van der Waals surface area contributed by atoms with Gasteiger partial charge < -0.3 is 31.8 Å². The third-order valence-electron chi connectivity index (χ3n) is 6.86. The Morgan fingerprint density at radius 1 is 0.707 bits per heavy atom. The lowest BCUT2D eigenvalue weighted by Gasteiger charge is -2.36. The maximum Gasteiger partial charge on any atom is 0.324 e. The number of hydrogen-bond donors (Lipinski definition) is 4. The third kappa shape index (κ3) is 9.82. The highest BCUT2D eigenvalue weighted by atomic mass is 16.5. The number of rotatable bonds is 15. The van der Waals surface area contributed by atoms with Gasteiger partial charge in [0, 0.05) is 11.8 Å². The Labute approximate surface area is 240 Å². The molecule has 0 spiro atoms. The van der Waals surface area contributed by atoms with E-state index in [4.69, 9.17) is 26.7 Å². The number of aliphatic carboxylic acids is 1. The summed E-state index contributed by atoms with van der Waals surface area (Å²) in [7, 11) is 0. The van der Waals surface area contributed by atoms with Crippen molar-refractivity contribution in [3.63, 3.8) is 0 Å². The summed E-state index contributed by atoms with van der Waals surface area (Å²) in [6, 6.07) is 25.7. The second-order valence-corrected chi connectivity index (χ2v) is 10.9. The Morgan fingerprint density at radius 3 is 1.44 bits per heavy atom. The van der Waals surface area contributed by atoms with Crippen LogP contribution in [0.3, 0.4) is 0 Å². The minimum absolute atomic E-state index is 0.0156. The summed E-state index contributed by atoms with van der Waals surface area (Å²) in [5.41, 5.74) is 18.2. The van der Waals surface area contributed by atoms with E-state index in [-0.39, 0.29) is 38.9 Å². The van der Waals surface area contributed by atoms with Gasteiger partial charge in [0.1, 0.15) is 30.8 Å². The minimum atomic E-state index is -1.74. The van der Waals surface area contributed by atoms with Gasteiger partial charge in [-0.2, -0.15) is 0 Å². The first-order valence-corrected chi connectivity index (χ1v) is 13.5. The van der Waals surface area contributed by atoms with Gasteiger partial charge in [0.15, 0.2) is 0 Å². The van der Waals surface area contributed by atoms with Gasteiger partial charge in [0.2, 0.25) is 0 Å². The molecule has 0 saturated heterocycles. The number of carbonyl (C=O) groups excluding carboxylic acids is 2. The molecule has 3 atom stereocenters. The van der Waals surface area contributed by atoms with Crippen molar-refractivity contribution in [1.29, 1.82) is 0 Å². The lowest BCUT2D eigenvalue weighted by molar-refractivity contribution is -0.157. The van der Waals surface area contributed by atoms with E-state index in [1.54, 1.807) is 31.2 Å². The molecule has 3 aromatic carbocycles. The topological polar surface area (TPSA) is 168 Å². The summed E-state index contributed by atoms with van der Waals surface area (Å²) in [4.78, 5) is 38.0. The van der Waals surface area contributed by atoms with Crippen molar-refractivity contribution < 1.29 is 29.0 Å². The minimum Gasteiger partial charge on any atom is -0.480 e. The summed E-state index contributed by atoms with van der Waals surface area (Å²) in [5, 5.41) is 10.1. The van der Waals surface area contributed by atoms with Gasteiger partial charge in [-0.25, -0.2) is 0 Å². The van der Waals surface area contributed by atoms with E-state index in [0.717, 1.165) is 16.7 Å². The van der Waals surface area contributed by atoms with Gasteiger partial charge in [-0.3, -0.25) is 14.4 Å². The zero-order chi connectivity index (χ0) is 29.9. The van der Waals surface area contributed by atoms with Crippen molar-refractivity contribution in [3.8, 4) is 0 Å². The van der Waals surface area contributed by atoms with E-state index in [0.29, 0.717) is 0 Å². The number of hydrogen-bond acceptors (Lipinski definition) is 8. The normalized spacial score (nSPS) is 15.5. The number of ether oxygens (including phenoxy) is 2. The molecule has 41 heavy (non-hydrogen) atoms. The van der Waals surface area contributed by atoms with Crippen molar-refractivity contribution in [1.82, 2.24) is 0 Å². The SMILES string of the molecule is CC(COC(=O)C(N)Cc1ccccc1)(COC(=O)C(N)Cc1ccccc1)CC(N)(Cc1ccccc1)C(=O)O. The van der Waals surface area contributed by atoms with Gasteiger partial charge >= 0.3 is 17.9 Å². The van der Waals surface area contributed by atoms with Crippen molar-refractivity contribution >= 4 is 17.9 Å². The molecule has 0 bridgehead atoms. The van der Waals surface area contributed by atoms with Crippen LogP contribution in [0, 0.1) is 5.41 Å². The maximum absolute atomic E-state index is 12.8. The molecule has 0 heterocycles. The molecule has 0 aliphatic heterocycles. The first kappa shape index (κ1) is 31.5. The molecule has 3 unspecified atom stereocenters. The Balaban J connectivity index is 1.74. The Kier molecular flexibility index (Phi) is 11.2. The largest absolute Gasteiger partial charge is 0.480 e. The Bertz CT molecular complexity index is 1210. The van der Waals surface area contributed by atoms with Crippen LogP contribution in [0.25, 0.3) is 0 Å². The summed E-state index contributed by atoms with van der Waals surface area (Å²) in [6.07, 6.45) is 0.391. The highest BCUT2D eigenvalue weighted by Gasteiger charge is 2.43. The van der Waals surface area contributed by atoms with Crippen LogP contribution >= 0.6 is 0 Å². The van der Waals surface area contributed by atoms with Gasteiger partial charge in [-0.15, -0.1) is 0 Å². The van der Waals surface area contributed by atoms with Crippen molar-refractivity contribution in [2.24, 2.45) is 22.6 Å². The molecular weight excluding hydrogens is 522 g/mol. The fourth-order valence-electron chi connectivity index (χ4n) is 4.69. The second kappa shape index (κ2) is 14.5. The average Bonchev–Trinajstić information content (AvgIpc) is 2.96. The number of carboxylic acids is 1. The zero-order valence-electron chi connectivity index (χ0n) is 23.3. The van der Waals surface area contributed by atoms with Crippen LogP contribution in [0.2, 0.25) is 0 Å². The molecule has 0 saturated carbocycles. The van der Waals surface area contributed by atoms with Crippen molar-refractivity contribution in [2.75, 3.05) is 13.2 Å². The van der Waals surface area contributed by atoms with Crippen LogP contribution in [0.4, 0.5) is 0 Å². The molecule has 218 valence electrons. The number of carboxylic acid groups (broad SMARTS) is 1. The first-order valence-electron chi connectivity index (χ1n) is 13.5. The molecule has 0 radical (unpaired) electrons. The van der Waals surface area contributed by atoms with Crippen LogP contribution in [0.1, 0.15) is 30.0 Å². The summed E-state index contributed by atoms with van der Waals surface area (Å²) < 4.78 is 11.1. The molecule has 0 aliphatic rings. The lowest BCUT2D eigenvalue weighted by atomic mass is 9.75. The van der Waals surface area contributed by atoms with Crippen LogP contribution in [0.15, 0.2) is 91.0 Å². The van der Waals surface area contributed by atoms with Crippen LogP contribution in [-0.2, 0) is 43.1 Å². The first-order chi connectivity index (χ1) is 19.5. The predicted octanol–water partition coefficient (Wildman–Crippen LogP) is 2.63. The molecule has 9 nitrogen and oxygen atoms in total. The summed E-state index contributed by atoms with van der Waals surface area (Å²) in [5.74, 6) is -2.55. The smallest absolute Gasteiger partial charge is 0.324 e. The number of carbonyl (C=O) groups is 3. The van der Waals surface area contributed by atoms with E-state index in [1.165, 1.54) is 0 Å². The average molecular weight is 562 g/mol. The number of nitrogens with two attached hydrogens (primary N) is 3. The van der Waals surface area contributed by atoms with Crippen LogP contribution < -0.4 is 17.2 Å². The molecular formula is C32H39N3O6. The Morgan fingerprint density at radius 2 is 1.07 bits per heavy atom.